The predicted molar refractivity (Wildman–Crippen MR) is 64.5 cm³/mol. The van der Waals surface area contributed by atoms with Gasteiger partial charge in [-0.3, -0.25) is 0 Å². The zero-order chi connectivity index (χ0) is 13.6. The number of aryl methyl sites for hydroxylation is 1. The van der Waals surface area contributed by atoms with Crippen LogP contribution in [-0.4, -0.2) is 35.0 Å². The first-order valence-electron chi connectivity index (χ1n) is 5.39. The Kier molecular flexibility index (Phi) is 3.31. The van der Waals surface area contributed by atoms with E-state index in [1.807, 2.05) is 6.92 Å². The molecule has 0 radical (unpaired) electrons. The minimum atomic E-state index is -4.61. The molecular formula is C11H12BrF3N2O. The van der Waals surface area contributed by atoms with Crippen LogP contribution in [0.25, 0.3) is 0 Å². The van der Waals surface area contributed by atoms with E-state index in [9.17, 15) is 18.3 Å². The summed E-state index contributed by atoms with van der Waals surface area (Å²) in [4.78, 5) is 5.52. The lowest BCUT2D eigenvalue weighted by molar-refractivity contribution is -0.250. The lowest BCUT2D eigenvalue weighted by Crippen LogP contribution is -2.47. The molecule has 1 aliphatic rings. The molecule has 0 saturated carbocycles. The molecule has 1 N–H and O–H groups in total. The summed E-state index contributed by atoms with van der Waals surface area (Å²) >= 11 is 3.28. The van der Waals surface area contributed by atoms with Gasteiger partial charge >= 0.3 is 6.18 Å². The fourth-order valence-corrected chi connectivity index (χ4v) is 2.13. The second-order valence-corrected chi connectivity index (χ2v) is 5.35. The monoisotopic (exact) mass is 324 g/mol. The van der Waals surface area contributed by atoms with E-state index in [4.69, 9.17) is 0 Å². The molecule has 0 aliphatic carbocycles. The van der Waals surface area contributed by atoms with E-state index < -0.39 is 18.3 Å². The lowest BCUT2D eigenvalue weighted by atomic mass is 10.0. The number of β-amino-alcohol motifs (C(OH)–C–C–N with tert-alkyl or cyclic N) is 1. The zero-order valence-corrected chi connectivity index (χ0v) is 11.2. The van der Waals surface area contributed by atoms with Crippen molar-refractivity contribution in [2.45, 2.75) is 25.1 Å². The van der Waals surface area contributed by atoms with Crippen LogP contribution in [0.4, 0.5) is 19.0 Å². The molecule has 0 aromatic carbocycles. The van der Waals surface area contributed by atoms with Crippen molar-refractivity contribution in [2.24, 2.45) is 0 Å². The Morgan fingerprint density at radius 3 is 2.67 bits per heavy atom. The molecule has 100 valence electrons. The molecule has 2 heterocycles. The van der Waals surface area contributed by atoms with E-state index in [1.165, 1.54) is 4.90 Å². The number of alkyl halides is 3. The average molecular weight is 325 g/mol. The van der Waals surface area contributed by atoms with Gasteiger partial charge in [-0.2, -0.15) is 13.2 Å². The van der Waals surface area contributed by atoms with Crippen LogP contribution in [0, 0.1) is 6.92 Å². The Bertz CT molecular complexity index is 466. The molecular weight excluding hydrogens is 313 g/mol. The third-order valence-corrected chi connectivity index (χ3v) is 3.96. The number of nitrogens with zero attached hydrogens (tertiary/aromatic N) is 2. The van der Waals surface area contributed by atoms with Crippen molar-refractivity contribution in [3.05, 3.63) is 22.3 Å². The van der Waals surface area contributed by atoms with Gasteiger partial charge in [-0.25, -0.2) is 4.98 Å². The number of pyridine rings is 1. The Morgan fingerprint density at radius 2 is 2.17 bits per heavy atom. The van der Waals surface area contributed by atoms with Crippen LogP contribution in [0.2, 0.25) is 0 Å². The highest BCUT2D eigenvalue weighted by Gasteiger charge is 2.57. The predicted octanol–water partition coefficient (Wildman–Crippen LogP) is 2.66. The molecule has 3 nitrogen and oxygen atoms in total. The van der Waals surface area contributed by atoms with E-state index in [0.29, 0.717) is 5.82 Å². The van der Waals surface area contributed by atoms with Crippen molar-refractivity contribution in [3.8, 4) is 0 Å². The smallest absolute Gasteiger partial charge is 0.379 e. The molecule has 0 bridgehead atoms. The quantitative estimate of drug-likeness (QED) is 0.862. The van der Waals surface area contributed by atoms with Gasteiger partial charge in [0.25, 0.3) is 0 Å². The minimum absolute atomic E-state index is 0.143. The summed E-state index contributed by atoms with van der Waals surface area (Å²) < 4.78 is 38.8. The van der Waals surface area contributed by atoms with Crippen LogP contribution < -0.4 is 4.90 Å². The molecule has 7 heteroatoms. The molecule has 1 aromatic heterocycles. The van der Waals surface area contributed by atoms with Gasteiger partial charge < -0.3 is 10.0 Å². The van der Waals surface area contributed by atoms with Crippen LogP contribution in [0.3, 0.4) is 0 Å². The fraction of sp³-hybridized carbons (Fsp3) is 0.545. The van der Waals surface area contributed by atoms with Crippen molar-refractivity contribution in [2.75, 3.05) is 18.0 Å². The maximum atomic E-state index is 12.7. The van der Waals surface area contributed by atoms with Gasteiger partial charge in [0.2, 0.25) is 0 Å². The Morgan fingerprint density at radius 1 is 1.50 bits per heavy atom. The maximum absolute atomic E-state index is 12.7. The van der Waals surface area contributed by atoms with E-state index in [2.05, 4.69) is 20.9 Å². The summed E-state index contributed by atoms with van der Waals surface area (Å²) in [6.07, 6.45) is -3.38. The van der Waals surface area contributed by atoms with Gasteiger partial charge in [0, 0.05) is 23.6 Å². The third-order valence-electron chi connectivity index (χ3n) is 3.13. The summed E-state index contributed by atoms with van der Waals surface area (Å²) in [6, 6.07) is 1.70. The summed E-state index contributed by atoms with van der Waals surface area (Å²) in [6.45, 7) is 1.51. The molecule has 1 fully saturated rings. The van der Waals surface area contributed by atoms with E-state index >= 15 is 0 Å². The maximum Gasteiger partial charge on any atom is 0.418 e. The fourth-order valence-electron chi connectivity index (χ4n) is 1.92. The van der Waals surface area contributed by atoms with Gasteiger partial charge in [0.05, 0.1) is 6.54 Å². The average Bonchev–Trinajstić information content (AvgIpc) is 2.66. The number of aliphatic hydroxyl groups is 1. The highest BCUT2D eigenvalue weighted by molar-refractivity contribution is 9.10. The normalized spacial score (nSPS) is 24.7. The standard InChI is InChI=1S/C11H12BrF3N2O/c1-7-4-9(16-5-8(7)12)17-3-2-10(18,6-17)11(13,14)15/h4-5,18H,2-3,6H2,1H3/t10-/m1/s1. The number of aromatic nitrogens is 1. The first-order valence-corrected chi connectivity index (χ1v) is 6.18. The zero-order valence-electron chi connectivity index (χ0n) is 9.63. The van der Waals surface area contributed by atoms with Crippen molar-refractivity contribution >= 4 is 21.7 Å². The Labute approximate surface area is 111 Å². The SMILES string of the molecule is Cc1cc(N2CC[C@](O)(C(F)(F)F)C2)ncc1Br. The summed E-state index contributed by atoms with van der Waals surface area (Å²) in [5, 5.41) is 9.58. The van der Waals surface area contributed by atoms with Crippen molar-refractivity contribution < 1.29 is 18.3 Å². The first-order chi connectivity index (χ1) is 8.23. The molecule has 18 heavy (non-hydrogen) atoms. The van der Waals surface area contributed by atoms with Crippen LogP contribution in [-0.2, 0) is 0 Å². The molecule has 1 atom stereocenters. The second kappa shape index (κ2) is 4.38. The second-order valence-electron chi connectivity index (χ2n) is 4.49. The highest BCUT2D eigenvalue weighted by Crippen LogP contribution is 2.39. The van der Waals surface area contributed by atoms with E-state index in [0.717, 1.165) is 10.0 Å². The van der Waals surface area contributed by atoms with Gasteiger partial charge in [-0.1, -0.05) is 0 Å². The number of anilines is 1. The van der Waals surface area contributed by atoms with Gasteiger partial charge in [0.15, 0.2) is 5.60 Å². The molecule has 0 unspecified atom stereocenters. The summed E-state index contributed by atoms with van der Waals surface area (Å²) in [5.74, 6) is 0.455. The lowest BCUT2D eigenvalue weighted by Gasteiger charge is -2.26. The van der Waals surface area contributed by atoms with Crippen molar-refractivity contribution in [3.63, 3.8) is 0 Å². The van der Waals surface area contributed by atoms with Crippen LogP contribution in [0.1, 0.15) is 12.0 Å². The molecule has 0 amide bonds. The van der Waals surface area contributed by atoms with Crippen molar-refractivity contribution in [1.82, 2.24) is 4.98 Å². The number of halogens is 4. The molecule has 2 rings (SSSR count). The number of hydrogen-bond donors (Lipinski definition) is 1. The van der Waals surface area contributed by atoms with E-state index in [1.54, 1.807) is 12.3 Å². The summed E-state index contributed by atoms with van der Waals surface area (Å²) in [5.41, 5.74) is -1.74. The van der Waals surface area contributed by atoms with E-state index in [-0.39, 0.29) is 13.0 Å². The topological polar surface area (TPSA) is 36.4 Å². The number of hydrogen-bond acceptors (Lipinski definition) is 3. The number of rotatable bonds is 1. The molecule has 1 saturated heterocycles. The van der Waals surface area contributed by atoms with Gasteiger partial charge in [-0.05, 0) is 34.5 Å². The Hall–Kier alpha value is -0.820. The van der Waals surface area contributed by atoms with Crippen LogP contribution in [0.15, 0.2) is 16.7 Å². The summed E-state index contributed by atoms with van der Waals surface area (Å²) in [7, 11) is 0. The highest BCUT2D eigenvalue weighted by atomic mass is 79.9. The van der Waals surface area contributed by atoms with Crippen LogP contribution >= 0.6 is 15.9 Å². The third kappa shape index (κ3) is 2.33. The molecule has 0 spiro atoms. The van der Waals surface area contributed by atoms with Gasteiger partial charge in [-0.15, -0.1) is 0 Å². The Balaban J connectivity index is 2.21. The van der Waals surface area contributed by atoms with Gasteiger partial charge in [0.1, 0.15) is 5.82 Å². The molecule has 1 aromatic rings. The first kappa shape index (κ1) is 13.6. The van der Waals surface area contributed by atoms with Crippen LogP contribution in [0.5, 0.6) is 0 Å². The largest absolute Gasteiger partial charge is 0.418 e. The minimum Gasteiger partial charge on any atom is -0.379 e. The van der Waals surface area contributed by atoms with Crippen molar-refractivity contribution in [1.29, 1.82) is 0 Å². The molecule has 1 aliphatic heterocycles.